The maximum absolute atomic E-state index is 12.8. The second kappa shape index (κ2) is 12.9. The van der Waals surface area contributed by atoms with Gasteiger partial charge >= 0.3 is 0 Å². The number of nitrogens with one attached hydrogen (secondary N) is 2. The zero-order valence-electron chi connectivity index (χ0n) is 17.3. The summed E-state index contributed by atoms with van der Waals surface area (Å²) in [5.41, 5.74) is 11.3. The molecule has 1 unspecified atom stereocenters. The molecule has 1 aliphatic rings. The number of aliphatic hydroxyl groups excluding tert-OH is 1. The van der Waals surface area contributed by atoms with Gasteiger partial charge in [0.25, 0.3) is 0 Å². The van der Waals surface area contributed by atoms with Crippen LogP contribution in [-0.2, 0) is 14.4 Å². The van der Waals surface area contributed by atoms with E-state index in [2.05, 4.69) is 10.6 Å². The number of aliphatic hydroxyl groups is 1. The monoisotopic (exact) mass is 398 g/mol. The smallest absolute Gasteiger partial charge is 0.245 e. The molecule has 4 atom stereocenters. The van der Waals surface area contributed by atoms with Crippen LogP contribution >= 0.6 is 0 Å². The number of hydrogen-bond acceptors (Lipinski definition) is 6. The summed E-state index contributed by atoms with van der Waals surface area (Å²) in [6, 6.07) is -1.96. The Bertz CT molecular complexity index is 506. The number of rotatable bonds is 12. The highest BCUT2D eigenvalue weighted by Gasteiger charge is 2.31. The first-order valence-electron chi connectivity index (χ1n) is 10.6. The Morgan fingerprint density at radius 1 is 1.07 bits per heavy atom. The van der Waals surface area contributed by atoms with Crippen LogP contribution < -0.4 is 22.1 Å². The minimum absolute atomic E-state index is 0.0314. The van der Waals surface area contributed by atoms with Gasteiger partial charge in [-0.3, -0.25) is 14.4 Å². The molecule has 28 heavy (non-hydrogen) atoms. The Balaban J connectivity index is 2.76. The van der Waals surface area contributed by atoms with E-state index in [1.54, 1.807) is 6.92 Å². The van der Waals surface area contributed by atoms with E-state index < -0.39 is 24.1 Å². The highest BCUT2D eigenvalue weighted by Crippen LogP contribution is 2.30. The molecular weight excluding hydrogens is 360 g/mol. The van der Waals surface area contributed by atoms with Crippen LogP contribution in [0, 0.1) is 11.8 Å². The minimum Gasteiger partial charge on any atom is -0.391 e. The van der Waals surface area contributed by atoms with Gasteiger partial charge < -0.3 is 27.2 Å². The Hall–Kier alpha value is -1.51. The number of ketones is 1. The maximum atomic E-state index is 12.8. The first kappa shape index (κ1) is 24.5. The number of carbonyl (C=O) groups excluding carboxylic acids is 3. The largest absolute Gasteiger partial charge is 0.391 e. The molecule has 1 fully saturated rings. The van der Waals surface area contributed by atoms with E-state index in [0.717, 1.165) is 19.3 Å². The zero-order valence-corrected chi connectivity index (χ0v) is 17.3. The summed E-state index contributed by atoms with van der Waals surface area (Å²) in [7, 11) is 0. The van der Waals surface area contributed by atoms with Gasteiger partial charge in [0.15, 0.2) is 5.78 Å². The van der Waals surface area contributed by atoms with Crippen LogP contribution in [0.5, 0.6) is 0 Å². The second-order valence-corrected chi connectivity index (χ2v) is 7.86. The van der Waals surface area contributed by atoms with Crippen molar-refractivity contribution >= 4 is 17.6 Å². The van der Waals surface area contributed by atoms with E-state index >= 15 is 0 Å². The molecule has 1 aliphatic carbocycles. The van der Waals surface area contributed by atoms with Gasteiger partial charge in [0.2, 0.25) is 11.8 Å². The zero-order chi connectivity index (χ0) is 21.1. The summed E-state index contributed by atoms with van der Waals surface area (Å²) in [6.07, 6.45) is 6.28. The molecule has 0 radical (unpaired) electrons. The van der Waals surface area contributed by atoms with Crippen molar-refractivity contribution in [2.24, 2.45) is 23.3 Å². The molecule has 0 aromatic heterocycles. The minimum atomic E-state index is -1.14. The van der Waals surface area contributed by atoms with Gasteiger partial charge in [-0.1, -0.05) is 39.0 Å². The summed E-state index contributed by atoms with van der Waals surface area (Å²) in [4.78, 5) is 37.2. The molecule has 8 nitrogen and oxygen atoms in total. The third kappa shape index (κ3) is 7.85. The van der Waals surface area contributed by atoms with Gasteiger partial charge in [0.1, 0.15) is 6.04 Å². The lowest BCUT2D eigenvalue weighted by Crippen LogP contribution is -2.57. The molecule has 162 valence electrons. The van der Waals surface area contributed by atoms with E-state index in [-0.39, 0.29) is 30.6 Å². The molecule has 8 heteroatoms. The summed E-state index contributed by atoms with van der Waals surface area (Å²) >= 11 is 0. The molecule has 7 N–H and O–H groups in total. The Morgan fingerprint density at radius 3 is 2.21 bits per heavy atom. The van der Waals surface area contributed by atoms with Crippen molar-refractivity contribution in [2.75, 3.05) is 13.1 Å². The van der Waals surface area contributed by atoms with Crippen LogP contribution in [0.4, 0.5) is 0 Å². The third-order valence-electron chi connectivity index (χ3n) is 5.58. The Labute approximate surface area is 168 Å². The summed E-state index contributed by atoms with van der Waals surface area (Å²) < 4.78 is 0. The number of hydrogen-bond donors (Lipinski definition) is 5. The average molecular weight is 399 g/mol. The summed E-state index contributed by atoms with van der Waals surface area (Å²) in [5, 5.41) is 15.2. The highest BCUT2D eigenvalue weighted by molar-refractivity contribution is 5.93. The SMILES string of the molecule is CCC(=O)[C@H](CN)NC(=O)[C@@H](NC(=O)C(CCN)CC1CCCCC1)[C@H](C)O. The fourth-order valence-corrected chi connectivity index (χ4v) is 3.84. The number of carbonyl (C=O) groups is 3. The van der Waals surface area contributed by atoms with Gasteiger partial charge in [-0.05, 0) is 32.2 Å². The maximum Gasteiger partial charge on any atom is 0.245 e. The molecule has 1 rings (SSSR count). The van der Waals surface area contributed by atoms with Crippen LogP contribution in [0.15, 0.2) is 0 Å². The fraction of sp³-hybridized carbons (Fsp3) is 0.850. The fourth-order valence-electron chi connectivity index (χ4n) is 3.84. The molecule has 0 saturated heterocycles. The third-order valence-corrected chi connectivity index (χ3v) is 5.58. The van der Waals surface area contributed by atoms with Crippen molar-refractivity contribution in [2.45, 2.75) is 83.4 Å². The van der Waals surface area contributed by atoms with Gasteiger partial charge in [-0.25, -0.2) is 0 Å². The summed E-state index contributed by atoms with van der Waals surface area (Å²) in [5.74, 6) is -0.860. The standard InChI is InChI=1S/C20H38N4O4/c1-3-17(26)16(12-22)23-20(28)18(13(2)25)24-19(27)15(9-10-21)11-14-7-5-4-6-8-14/h13-16,18,25H,3-12,21-22H2,1-2H3,(H,23,28)(H,24,27)/t13-,15?,16-,18-/m0/s1. The molecular formula is C20H38N4O4. The molecule has 0 bridgehead atoms. The normalized spacial score (nSPS) is 19.3. The van der Waals surface area contributed by atoms with E-state index in [4.69, 9.17) is 11.5 Å². The van der Waals surface area contributed by atoms with Gasteiger partial charge in [-0.15, -0.1) is 0 Å². The lowest BCUT2D eigenvalue weighted by molar-refractivity contribution is -0.135. The topological polar surface area (TPSA) is 148 Å². The van der Waals surface area contributed by atoms with Crippen LogP contribution in [0.1, 0.15) is 65.2 Å². The molecule has 0 spiro atoms. The van der Waals surface area contributed by atoms with Crippen LogP contribution in [0.25, 0.3) is 0 Å². The second-order valence-electron chi connectivity index (χ2n) is 7.86. The van der Waals surface area contributed by atoms with Crippen LogP contribution in [-0.4, -0.2) is 54.0 Å². The van der Waals surface area contributed by atoms with E-state index in [1.165, 1.54) is 26.2 Å². The Kier molecular flexibility index (Phi) is 11.3. The molecule has 0 heterocycles. The van der Waals surface area contributed by atoms with E-state index in [0.29, 0.717) is 18.9 Å². The van der Waals surface area contributed by atoms with Gasteiger partial charge in [0.05, 0.1) is 12.1 Å². The predicted octanol–water partition coefficient (Wildman–Crippen LogP) is 0.210. The van der Waals surface area contributed by atoms with E-state index in [1.807, 2.05) is 0 Å². The van der Waals surface area contributed by atoms with Crippen molar-refractivity contribution in [3.8, 4) is 0 Å². The molecule has 2 amide bonds. The number of Topliss-reactive ketones (excluding diaryl/α,β-unsaturated/α-hetero) is 1. The predicted molar refractivity (Wildman–Crippen MR) is 108 cm³/mol. The van der Waals surface area contributed by atoms with Crippen LogP contribution in [0.2, 0.25) is 0 Å². The summed E-state index contributed by atoms with van der Waals surface area (Å²) in [6.45, 7) is 3.48. The Morgan fingerprint density at radius 2 is 1.71 bits per heavy atom. The number of amides is 2. The lowest BCUT2D eigenvalue weighted by Gasteiger charge is -2.28. The quantitative estimate of drug-likeness (QED) is 0.317. The van der Waals surface area contributed by atoms with Crippen molar-refractivity contribution in [3.63, 3.8) is 0 Å². The molecule has 1 saturated carbocycles. The van der Waals surface area contributed by atoms with E-state index in [9.17, 15) is 19.5 Å². The molecule has 0 aromatic carbocycles. The van der Waals surface area contributed by atoms with Crippen molar-refractivity contribution in [1.82, 2.24) is 10.6 Å². The lowest BCUT2D eigenvalue weighted by atomic mass is 9.81. The first-order chi connectivity index (χ1) is 13.3. The van der Waals surface area contributed by atoms with Crippen molar-refractivity contribution in [1.29, 1.82) is 0 Å². The van der Waals surface area contributed by atoms with Crippen molar-refractivity contribution < 1.29 is 19.5 Å². The highest BCUT2D eigenvalue weighted by atomic mass is 16.3. The average Bonchev–Trinajstić information content (AvgIpc) is 2.69. The first-order valence-corrected chi connectivity index (χ1v) is 10.6. The van der Waals surface area contributed by atoms with Crippen LogP contribution in [0.3, 0.4) is 0 Å². The molecule has 0 aromatic rings. The number of nitrogens with two attached hydrogens (primary N) is 2. The van der Waals surface area contributed by atoms with Crippen molar-refractivity contribution in [3.05, 3.63) is 0 Å². The van der Waals surface area contributed by atoms with Gasteiger partial charge in [-0.2, -0.15) is 0 Å². The molecule has 0 aliphatic heterocycles. The van der Waals surface area contributed by atoms with Gasteiger partial charge in [0, 0.05) is 18.9 Å².